The molecule has 0 heterocycles. The van der Waals surface area contributed by atoms with Crippen LogP contribution in [-0.4, -0.2) is 24.7 Å². The topological polar surface area (TPSA) is 72.5 Å². The van der Waals surface area contributed by atoms with Crippen molar-refractivity contribution in [2.24, 2.45) is 5.73 Å². The van der Waals surface area contributed by atoms with E-state index >= 15 is 0 Å². The SMILES string of the molecule is COc1ccc(C=CCCN)cc1CC(=O)O. The van der Waals surface area contributed by atoms with Gasteiger partial charge in [0.05, 0.1) is 13.5 Å². The van der Waals surface area contributed by atoms with E-state index in [-0.39, 0.29) is 6.42 Å². The van der Waals surface area contributed by atoms with Crippen LogP contribution in [0.25, 0.3) is 6.08 Å². The van der Waals surface area contributed by atoms with Gasteiger partial charge in [-0.15, -0.1) is 0 Å². The van der Waals surface area contributed by atoms with Crippen LogP contribution in [0, 0.1) is 0 Å². The average molecular weight is 235 g/mol. The van der Waals surface area contributed by atoms with Gasteiger partial charge in [-0.25, -0.2) is 0 Å². The van der Waals surface area contributed by atoms with Gasteiger partial charge < -0.3 is 15.6 Å². The largest absolute Gasteiger partial charge is 0.496 e. The fourth-order valence-electron chi connectivity index (χ4n) is 1.52. The molecule has 0 spiro atoms. The number of ether oxygens (including phenoxy) is 1. The van der Waals surface area contributed by atoms with E-state index in [1.807, 2.05) is 24.3 Å². The van der Waals surface area contributed by atoms with Crippen LogP contribution in [0.3, 0.4) is 0 Å². The second-order valence-electron chi connectivity index (χ2n) is 3.62. The van der Waals surface area contributed by atoms with Crippen molar-refractivity contribution in [1.29, 1.82) is 0 Å². The molecule has 17 heavy (non-hydrogen) atoms. The minimum Gasteiger partial charge on any atom is -0.496 e. The lowest BCUT2D eigenvalue weighted by atomic mass is 10.1. The van der Waals surface area contributed by atoms with Gasteiger partial charge in [0, 0.05) is 5.56 Å². The van der Waals surface area contributed by atoms with Crippen LogP contribution < -0.4 is 10.5 Å². The van der Waals surface area contributed by atoms with Gasteiger partial charge in [0.25, 0.3) is 0 Å². The summed E-state index contributed by atoms with van der Waals surface area (Å²) in [6.45, 7) is 0.606. The normalized spacial score (nSPS) is 10.7. The molecule has 4 nitrogen and oxygen atoms in total. The summed E-state index contributed by atoms with van der Waals surface area (Å²) in [5.41, 5.74) is 7.02. The minimum atomic E-state index is -0.869. The third kappa shape index (κ3) is 4.28. The fourth-order valence-corrected chi connectivity index (χ4v) is 1.52. The van der Waals surface area contributed by atoms with Crippen LogP contribution in [0.15, 0.2) is 24.3 Å². The Balaban J connectivity index is 2.91. The molecule has 0 aliphatic heterocycles. The Morgan fingerprint density at radius 2 is 2.29 bits per heavy atom. The van der Waals surface area contributed by atoms with E-state index in [9.17, 15) is 4.79 Å². The van der Waals surface area contributed by atoms with E-state index < -0.39 is 5.97 Å². The van der Waals surface area contributed by atoms with Crippen LogP contribution in [0.1, 0.15) is 17.5 Å². The Morgan fingerprint density at radius 1 is 1.53 bits per heavy atom. The number of benzene rings is 1. The van der Waals surface area contributed by atoms with Crippen molar-refractivity contribution in [2.45, 2.75) is 12.8 Å². The zero-order valence-electron chi connectivity index (χ0n) is 9.85. The van der Waals surface area contributed by atoms with Crippen LogP contribution >= 0.6 is 0 Å². The van der Waals surface area contributed by atoms with Gasteiger partial charge in [0.1, 0.15) is 5.75 Å². The first kappa shape index (κ1) is 13.3. The molecule has 1 aromatic rings. The number of carboxylic acids is 1. The Bertz CT molecular complexity index is 413. The lowest BCUT2D eigenvalue weighted by Gasteiger charge is -2.07. The van der Waals surface area contributed by atoms with E-state index in [0.29, 0.717) is 17.9 Å². The summed E-state index contributed by atoms with van der Waals surface area (Å²) in [6, 6.07) is 5.48. The molecule has 0 aliphatic carbocycles. The Hall–Kier alpha value is -1.81. The minimum absolute atomic E-state index is 0.0399. The molecular weight excluding hydrogens is 218 g/mol. The van der Waals surface area contributed by atoms with Crippen molar-refractivity contribution in [3.63, 3.8) is 0 Å². The molecule has 1 rings (SSSR count). The zero-order valence-corrected chi connectivity index (χ0v) is 9.85. The van der Waals surface area contributed by atoms with Gasteiger partial charge in [0.15, 0.2) is 0 Å². The first-order chi connectivity index (χ1) is 8.17. The third-order valence-corrected chi connectivity index (χ3v) is 2.29. The van der Waals surface area contributed by atoms with Crippen molar-refractivity contribution in [3.05, 3.63) is 35.4 Å². The smallest absolute Gasteiger partial charge is 0.307 e. The van der Waals surface area contributed by atoms with Crippen molar-refractivity contribution in [3.8, 4) is 5.75 Å². The number of hydrogen-bond acceptors (Lipinski definition) is 3. The lowest BCUT2D eigenvalue weighted by molar-refractivity contribution is -0.136. The third-order valence-electron chi connectivity index (χ3n) is 2.29. The van der Waals surface area contributed by atoms with Crippen molar-refractivity contribution in [2.75, 3.05) is 13.7 Å². The summed E-state index contributed by atoms with van der Waals surface area (Å²) in [5.74, 6) is -0.269. The molecule has 0 saturated heterocycles. The summed E-state index contributed by atoms with van der Waals surface area (Å²) in [5, 5.41) is 8.80. The van der Waals surface area contributed by atoms with Gasteiger partial charge >= 0.3 is 5.97 Å². The van der Waals surface area contributed by atoms with Crippen molar-refractivity contribution < 1.29 is 14.6 Å². The van der Waals surface area contributed by atoms with Crippen LogP contribution in [0.4, 0.5) is 0 Å². The summed E-state index contributed by atoms with van der Waals surface area (Å²) in [7, 11) is 1.53. The van der Waals surface area contributed by atoms with E-state index in [1.165, 1.54) is 7.11 Å². The summed E-state index contributed by atoms with van der Waals surface area (Å²) in [6.07, 6.45) is 4.66. The van der Waals surface area contributed by atoms with Gasteiger partial charge in [-0.2, -0.15) is 0 Å². The highest BCUT2D eigenvalue weighted by Crippen LogP contribution is 2.21. The Morgan fingerprint density at radius 3 is 2.88 bits per heavy atom. The zero-order chi connectivity index (χ0) is 12.7. The number of nitrogens with two attached hydrogens (primary N) is 1. The molecule has 0 fully saturated rings. The summed E-state index contributed by atoms with van der Waals surface area (Å²) >= 11 is 0. The second kappa shape index (κ2) is 6.70. The molecule has 0 saturated carbocycles. The van der Waals surface area contributed by atoms with E-state index in [2.05, 4.69) is 0 Å². The monoisotopic (exact) mass is 235 g/mol. The molecular formula is C13H17NO3. The molecule has 92 valence electrons. The maximum atomic E-state index is 10.7. The predicted molar refractivity (Wildman–Crippen MR) is 67.0 cm³/mol. The fraction of sp³-hybridized carbons (Fsp3) is 0.308. The van der Waals surface area contributed by atoms with Crippen LogP contribution in [0.5, 0.6) is 5.75 Å². The highest BCUT2D eigenvalue weighted by atomic mass is 16.5. The number of methoxy groups -OCH3 is 1. The Kier molecular flexibility index (Phi) is 5.23. The average Bonchev–Trinajstić information content (AvgIpc) is 2.29. The highest BCUT2D eigenvalue weighted by molar-refractivity contribution is 5.72. The standard InChI is InChI=1S/C13H17NO3/c1-17-12-6-5-10(4-2-3-7-14)8-11(12)9-13(15)16/h2,4-6,8H,3,7,9,14H2,1H3,(H,15,16). The molecule has 0 bridgehead atoms. The first-order valence-corrected chi connectivity index (χ1v) is 5.42. The first-order valence-electron chi connectivity index (χ1n) is 5.42. The molecule has 0 radical (unpaired) electrons. The molecule has 4 heteroatoms. The number of carboxylic acid groups (broad SMARTS) is 1. The van der Waals surface area contributed by atoms with Crippen molar-refractivity contribution >= 4 is 12.0 Å². The molecule has 0 atom stereocenters. The van der Waals surface area contributed by atoms with E-state index in [0.717, 1.165) is 12.0 Å². The number of carbonyl (C=O) groups is 1. The molecule has 0 amide bonds. The van der Waals surface area contributed by atoms with Gasteiger partial charge in [-0.3, -0.25) is 4.79 Å². The second-order valence-corrected chi connectivity index (χ2v) is 3.62. The van der Waals surface area contributed by atoms with Gasteiger partial charge in [-0.1, -0.05) is 18.2 Å². The maximum absolute atomic E-state index is 10.7. The van der Waals surface area contributed by atoms with Crippen LogP contribution in [0.2, 0.25) is 0 Å². The lowest BCUT2D eigenvalue weighted by Crippen LogP contribution is -2.02. The van der Waals surface area contributed by atoms with Gasteiger partial charge in [0.2, 0.25) is 0 Å². The quantitative estimate of drug-likeness (QED) is 0.787. The molecule has 1 aromatic carbocycles. The Labute approximate surface area is 101 Å². The maximum Gasteiger partial charge on any atom is 0.307 e. The number of hydrogen-bond donors (Lipinski definition) is 2. The predicted octanol–water partition coefficient (Wildman–Crippen LogP) is 1.68. The van der Waals surface area contributed by atoms with E-state index in [1.54, 1.807) is 6.07 Å². The van der Waals surface area contributed by atoms with Gasteiger partial charge in [-0.05, 0) is 30.7 Å². The highest BCUT2D eigenvalue weighted by Gasteiger charge is 2.07. The molecule has 3 N–H and O–H groups in total. The molecule has 0 unspecified atom stereocenters. The summed E-state index contributed by atoms with van der Waals surface area (Å²) in [4.78, 5) is 10.7. The van der Waals surface area contributed by atoms with Crippen LogP contribution in [-0.2, 0) is 11.2 Å². The summed E-state index contributed by atoms with van der Waals surface area (Å²) < 4.78 is 5.12. The molecule has 0 aromatic heterocycles. The number of rotatable bonds is 6. The van der Waals surface area contributed by atoms with Crippen molar-refractivity contribution in [1.82, 2.24) is 0 Å². The van der Waals surface area contributed by atoms with E-state index in [4.69, 9.17) is 15.6 Å². The number of aliphatic carboxylic acids is 1. The molecule has 0 aliphatic rings.